The van der Waals surface area contributed by atoms with Crippen molar-refractivity contribution in [2.24, 2.45) is 5.92 Å². The van der Waals surface area contributed by atoms with Gasteiger partial charge in [-0.15, -0.1) is 0 Å². The van der Waals surface area contributed by atoms with Crippen LogP contribution >= 0.6 is 0 Å². The minimum absolute atomic E-state index is 0.363. The second kappa shape index (κ2) is 7.20. The van der Waals surface area contributed by atoms with Crippen molar-refractivity contribution < 1.29 is 8.68 Å². The maximum atomic E-state index is 8.69. The van der Waals surface area contributed by atoms with Gasteiger partial charge in [-0.2, -0.15) is 9.13 Å². The molecule has 0 bridgehead atoms. The third-order valence-electron chi connectivity index (χ3n) is 7.82. The van der Waals surface area contributed by atoms with Crippen LogP contribution in [-0.4, -0.2) is 4.57 Å². The van der Waals surface area contributed by atoms with Crippen LogP contribution in [0.5, 0.6) is 0 Å². The lowest BCUT2D eigenvalue weighted by molar-refractivity contribution is -0.606. The van der Waals surface area contributed by atoms with Crippen LogP contribution in [0.1, 0.15) is 63.7 Å². The molecule has 1 unspecified atom stereocenters. The summed E-state index contributed by atoms with van der Waals surface area (Å²) >= 11 is 0. The summed E-state index contributed by atoms with van der Waals surface area (Å²) < 4.78 is 30.2. The molecule has 6 rings (SSSR count). The van der Waals surface area contributed by atoms with Gasteiger partial charge in [-0.3, -0.25) is 0 Å². The Bertz CT molecular complexity index is 1410. The highest BCUT2D eigenvalue weighted by Gasteiger charge is 2.57. The third-order valence-corrected chi connectivity index (χ3v) is 7.82. The van der Waals surface area contributed by atoms with Gasteiger partial charge in [0.1, 0.15) is 11.4 Å². The number of para-hydroxylation sites is 2. The van der Waals surface area contributed by atoms with Gasteiger partial charge in [0.25, 0.3) is 5.82 Å². The number of fused-ring (bicyclic) bond motifs is 3. The average Bonchev–Trinajstić information content (AvgIpc) is 3.55. The topological polar surface area (TPSA) is 8.81 Å². The molecule has 1 aliphatic heterocycles. The van der Waals surface area contributed by atoms with Crippen LogP contribution in [-0.2, 0) is 5.41 Å². The van der Waals surface area contributed by atoms with E-state index in [0.29, 0.717) is 11.7 Å². The van der Waals surface area contributed by atoms with Gasteiger partial charge in [0, 0.05) is 23.5 Å². The zero-order chi connectivity index (χ0) is 24.4. The monoisotopic (exact) mass is 422 g/mol. The summed E-state index contributed by atoms with van der Waals surface area (Å²) in [6, 6.07) is 27.4. The van der Waals surface area contributed by atoms with Gasteiger partial charge in [-0.1, -0.05) is 79.6 Å². The number of imidazole rings is 1. The van der Waals surface area contributed by atoms with Gasteiger partial charge in [0.05, 0.1) is 5.41 Å². The van der Waals surface area contributed by atoms with Crippen molar-refractivity contribution in [2.75, 3.05) is 0 Å². The maximum Gasteiger partial charge on any atom is 0.264 e. The largest absolute Gasteiger partial charge is 0.264 e. The molecule has 160 valence electrons. The summed E-state index contributed by atoms with van der Waals surface area (Å²) in [6.07, 6.45) is 4.71. The Kier molecular flexibility index (Phi) is 3.71. The van der Waals surface area contributed by atoms with E-state index in [-0.39, 0.29) is 5.41 Å². The maximum absolute atomic E-state index is 8.69. The smallest absolute Gasteiger partial charge is 0.197 e. The van der Waals surface area contributed by atoms with E-state index in [1.54, 1.807) is 0 Å². The average molecular weight is 423 g/mol. The van der Waals surface area contributed by atoms with Crippen LogP contribution in [0, 0.1) is 26.6 Å². The summed E-state index contributed by atoms with van der Waals surface area (Å²) in [5.74, 6) is 0.776. The fourth-order valence-corrected chi connectivity index (χ4v) is 6.57. The first kappa shape index (κ1) is 16.5. The van der Waals surface area contributed by atoms with Crippen molar-refractivity contribution in [1.29, 1.82) is 0 Å². The summed E-state index contributed by atoms with van der Waals surface area (Å²) in [6.45, 7) is 1.89. The van der Waals surface area contributed by atoms with E-state index in [4.69, 9.17) is 4.11 Å². The molecule has 1 fully saturated rings. The van der Waals surface area contributed by atoms with Gasteiger partial charge in [-0.05, 0) is 48.9 Å². The van der Waals surface area contributed by atoms with E-state index in [0.717, 1.165) is 41.2 Å². The number of hydrogen-bond acceptors (Lipinski definition) is 0. The second-order valence-electron chi connectivity index (χ2n) is 9.39. The zero-order valence-corrected chi connectivity index (χ0v) is 18.8. The molecule has 0 amide bonds. The summed E-state index contributed by atoms with van der Waals surface area (Å²) in [7, 11) is 0. The Morgan fingerprint density at radius 1 is 0.875 bits per heavy atom. The van der Waals surface area contributed by atoms with Crippen molar-refractivity contribution in [1.82, 2.24) is 4.57 Å². The summed E-state index contributed by atoms with van der Waals surface area (Å²) in [4.78, 5) is 0. The molecule has 2 heteroatoms. The molecule has 2 nitrogen and oxygen atoms in total. The van der Waals surface area contributed by atoms with E-state index < -0.39 is 6.85 Å². The number of hydrogen-bond donors (Lipinski definition) is 0. The highest BCUT2D eigenvalue weighted by atomic mass is 15.2. The molecule has 32 heavy (non-hydrogen) atoms. The van der Waals surface area contributed by atoms with E-state index >= 15 is 0 Å². The SMILES string of the molecule is [2H]C([2H])([2H])c1n(-c2ccccc2C)c(C)c2[n+]1-c1ccccc1C2(c1ccccc1)C1CCCC1. The molecule has 1 saturated carbocycles. The molecule has 3 aromatic carbocycles. The quantitative estimate of drug-likeness (QED) is 0.333. The number of aromatic nitrogens is 2. The van der Waals surface area contributed by atoms with E-state index in [2.05, 4.69) is 73.0 Å². The Morgan fingerprint density at radius 3 is 2.31 bits per heavy atom. The van der Waals surface area contributed by atoms with E-state index in [9.17, 15) is 0 Å². The normalized spacial score (nSPS) is 21.6. The van der Waals surface area contributed by atoms with Crippen LogP contribution < -0.4 is 4.57 Å². The van der Waals surface area contributed by atoms with Gasteiger partial charge >= 0.3 is 0 Å². The fraction of sp³-hybridized carbons (Fsp3) is 0.300. The standard InChI is InChI=1S/C30H31N2/c1-21-13-7-11-19-27(21)31-22(2)29-30(25-16-8-9-17-25,24-14-5-4-6-15-24)26-18-10-12-20-28(26)32(29)23(31)3/h4-7,10-15,18-20,25H,8-9,16-17H2,1-3H3/q+1/i3D3. The lowest BCUT2D eigenvalue weighted by Crippen LogP contribution is -2.41. The number of nitrogens with zero attached hydrogens (tertiary/aromatic N) is 2. The van der Waals surface area contributed by atoms with Crippen LogP contribution in [0.25, 0.3) is 11.4 Å². The predicted molar refractivity (Wildman–Crippen MR) is 130 cm³/mol. The first-order valence-corrected chi connectivity index (χ1v) is 11.8. The lowest BCUT2D eigenvalue weighted by Gasteiger charge is -2.35. The zero-order valence-electron chi connectivity index (χ0n) is 21.8. The molecule has 2 heterocycles. The number of benzene rings is 3. The van der Waals surface area contributed by atoms with Gasteiger partial charge < -0.3 is 0 Å². The third kappa shape index (κ3) is 2.44. The van der Waals surface area contributed by atoms with Crippen molar-refractivity contribution in [3.63, 3.8) is 0 Å². The number of aryl methyl sites for hydroxylation is 1. The Hall–Kier alpha value is -3.13. The fourth-order valence-electron chi connectivity index (χ4n) is 6.57. The van der Waals surface area contributed by atoms with Crippen LogP contribution in [0.4, 0.5) is 0 Å². The Balaban J connectivity index is 1.82. The summed E-state index contributed by atoms with van der Waals surface area (Å²) in [5, 5.41) is 0. The highest BCUT2D eigenvalue weighted by molar-refractivity contribution is 5.60. The van der Waals surface area contributed by atoms with Gasteiger partial charge in [0.2, 0.25) is 0 Å². The molecule has 0 spiro atoms. The van der Waals surface area contributed by atoms with Gasteiger partial charge in [0.15, 0.2) is 11.4 Å². The van der Waals surface area contributed by atoms with Crippen molar-refractivity contribution in [2.45, 2.75) is 51.8 Å². The van der Waals surface area contributed by atoms with Crippen LogP contribution in [0.2, 0.25) is 0 Å². The Labute approximate surface area is 195 Å². The molecular formula is C30H31N2+. The van der Waals surface area contributed by atoms with Crippen molar-refractivity contribution in [3.05, 3.63) is 113 Å². The molecule has 4 aromatic rings. The highest BCUT2D eigenvalue weighted by Crippen LogP contribution is 2.55. The lowest BCUT2D eigenvalue weighted by atomic mass is 9.63. The number of rotatable bonds is 3. The first-order chi connectivity index (χ1) is 16.9. The summed E-state index contributed by atoms with van der Waals surface area (Å²) in [5.41, 5.74) is 7.24. The molecular weight excluding hydrogens is 388 g/mol. The van der Waals surface area contributed by atoms with Gasteiger partial charge in [-0.25, -0.2) is 0 Å². The van der Waals surface area contributed by atoms with Crippen molar-refractivity contribution in [3.8, 4) is 11.4 Å². The molecule has 2 aliphatic rings. The van der Waals surface area contributed by atoms with Crippen molar-refractivity contribution >= 4 is 0 Å². The molecule has 0 N–H and O–H groups in total. The molecule has 0 saturated heterocycles. The van der Waals surface area contributed by atoms with E-state index in [1.807, 2.05) is 28.8 Å². The molecule has 1 aliphatic carbocycles. The first-order valence-electron chi connectivity index (χ1n) is 13.3. The van der Waals surface area contributed by atoms with Crippen LogP contribution in [0.3, 0.4) is 0 Å². The van der Waals surface area contributed by atoms with E-state index in [1.165, 1.54) is 24.0 Å². The predicted octanol–water partition coefficient (Wildman–Crippen LogP) is 6.52. The molecule has 0 radical (unpaired) electrons. The minimum atomic E-state index is -2.29. The molecule has 1 aromatic heterocycles. The molecule has 1 atom stereocenters. The second-order valence-corrected chi connectivity index (χ2v) is 9.39. The minimum Gasteiger partial charge on any atom is -0.197 e. The Morgan fingerprint density at radius 2 is 1.56 bits per heavy atom. The van der Waals surface area contributed by atoms with Crippen LogP contribution in [0.15, 0.2) is 78.9 Å².